The van der Waals surface area contributed by atoms with Crippen molar-refractivity contribution in [2.45, 2.75) is 4.90 Å². The summed E-state index contributed by atoms with van der Waals surface area (Å²) < 4.78 is 29.4. The average Bonchev–Trinajstić information content (AvgIpc) is 2.54. The molecule has 0 aliphatic rings. The van der Waals surface area contributed by atoms with Crippen LogP contribution in [0.4, 0.5) is 0 Å². The quantitative estimate of drug-likeness (QED) is 0.476. The Morgan fingerprint density at radius 2 is 1.71 bits per heavy atom. The molecule has 120 valence electrons. The number of fused-ring (bicyclic) bond motifs is 1. The maximum absolute atomic E-state index is 12.1. The number of sulfone groups is 1. The van der Waals surface area contributed by atoms with Gasteiger partial charge in [0, 0.05) is 15.7 Å². The Kier molecular flexibility index (Phi) is 4.37. The highest BCUT2D eigenvalue weighted by atomic mass is 35.5. The molecule has 2 aromatic carbocycles. The van der Waals surface area contributed by atoms with E-state index in [4.69, 9.17) is 27.6 Å². The van der Waals surface area contributed by atoms with Gasteiger partial charge in [-0.25, -0.2) is 13.2 Å². The third-order valence-electron chi connectivity index (χ3n) is 3.13. The molecule has 3 rings (SSSR count). The Labute approximate surface area is 147 Å². The minimum absolute atomic E-state index is 0.0498. The van der Waals surface area contributed by atoms with Crippen LogP contribution in [-0.2, 0) is 9.84 Å². The van der Waals surface area contributed by atoms with Crippen molar-refractivity contribution in [2.75, 3.05) is 0 Å². The molecular formula is C17H8Cl2O4S. The first-order valence-electron chi connectivity index (χ1n) is 6.62. The molecule has 24 heavy (non-hydrogen) atoms. The summed E-state index contributed by atoms with van der Waals surface area (Å²) in [4.78, 5) is 12.0. The highest BCUT2D eigenvalue weighted by molar-refractivity contribution is 7.96. The monoisotopic (exact) mass is 378 g/mol. The van der Waals surface area contributed by atoms with E-state index in [2.05, 4.69) is 11.2 Å². The molecule has 0 aliphatic heterocycles. The first-order valence-corrected chi connectivity index (χ1v) is 8.86. The largest absolute Gasteiger partial charge is 0.420 e. The van der Waals surface area contributed by atoms with Crippen LogP contribution in [0.1, 0.15) is 5.56 Å². The van der Waals surface area contributed by atoms with E-state index in [1.54, 1.807) is 24.3 Å². The minimum Gasteiger partial charge on any atom is -0.420 e. The lowest BCUT2D eigenvalue weighted by Gasteiger charge is -2.00. The van der Waals surface area contributed by atoms with Crippen molar-refractivity contribution < 1.29 is 12.8 Å². The van der Waals surface area contributed by atoms with Crippen LogP contribution in [0.25, 0.3) is 11.0 Å². The van der Waals surface area contributed by atoms with E-state index in [0.29, 0.717) is 10.4 Å². The number of halogens is 2. The van der Waals surface area contributed by atoms with E-state index in [9.17, 15) is 13.2 Å². The van der Waals surface area contributed by atoms with Gasteiger partial charge in [0.1, 0.15) is 5.56 Å². The summed E-state index contributed by atoms with van der Waals surface area (Å²) in [5, 5.41) is 3.12. The Bertz CT molecular complexity index is 1150. The predicted octanol–water partition coefficient (Wildman–Crippen LogP) is 3.88. The van der Waals surface area contributed by atoms with Gasteiger partial charge in [0.25, 0.3) is 0 Å². The normalized spacial score (nSPS) is 11.1. The fourth-order valence-corrected chi connectivity index (χ4v) is 3.45. The van der Waals surface area contributed by atoms with Gasteiger partial charge < -0.3 is 4.42 Å². The predicted molar refractivity (Wildman–Crippen MR) is 93.0 cm³/mol. The maximum Gasteiger partial charge on any atom is 0.352 e. The number of hydrogen-bond donors (Lipinski definition) is 0. The number of benzene rings is 2. The van der Waals surface area contributed by atoms with Crippen LogP contribution in [0.5, 0.6) is 0 Å². The molecular weight excluding hydrogens is 371 g/mol. The standard InChI is InChI=1S/C17H8Cl2O4S/c18-13-9-12-8-11(17(20)23-16(12)15(19)10-13)6-7-24(21,22)14-4-2-1-3-5-14/h1-5,8-10H. The summed E-state index contributed by atoms with van der Waals surface area (Å²) in [6.07, 6.45) is 0. The molecule has 0 atom stereocenters. The third kappa shape index (κ3) is 3.31. The molecule has 0 spiro atoms. The smallest absolute Gasteiger partial charge is 0.352 e. The lowest BCUT2D eigenvalue weighted by Crippen LogP contribution is -2.04. The molecule has 0 saturated heterocycles. The molecule has 1 aromatic heterocycles. The maximum atomic E-state index is 12.1. The average molecular weight is 379 g/mol. The van der Waals surface area contributed by atoms with Gasteiger partial charge in [0.05, 0.1) is 9.92 Å². The van der Waals surface area contributed by atoms with Gasteiger partial charge in [-0.1, -0.05) is 41.4 Å². The van der Waals surface area contributed by atoms with Gasteiger partial charge in [0.2, 0.25) is 9.84 Å². The van der Waals surface area contributed by atoms with Crippen LogP contribution in [0, 0.1) is 11.2 Å². The summed E-state index contributed by atoms with van der Waals surface area (Å²) in [5.74, 6) is 2.35. The lowest BCUT2D eigenvalue weighted by molar-refractivity contribution is 0.559. The number of rotatable bonds is 1. The van der Waals surface area contributed by atoms with E-state index in [1.165, 1.54) is 24.3 Å². The van der Waals surface area contributed by atoms with Crippen molar-refractivity contribution >= 4 is 44.0 Å². The van der Waals surface area contributed by atoms with Gasteiger partial charge in [-0.05, 0) is 36.3 Å². The molecule has 0 saturated carbocycles. The topological polar surface area (TPSA) is 64.3 Å². The summed E-state index contributed by atoms with van der Waals surface area (Å²) in [6, 6.07) is 12.1. The van der Waals surface area contributed by atoms with Crippen molar-refractivity contribution in [1.82, 2.24) is 0 Å². The molecule has 0 fully saturated rings. The Morgan fingerprint density at radius 3 is 2.42 bits per heavy atom. The van der Waals surface area contributed by atoms with Gasteiger partial charge in [-0.2, -0.15) is 0 Å². The minimum atomic E-state index is -3.84. The van der Waals surface area contributed by atoms with E-state index in [-0.39, 0.29) is 21.1 Å². The van der Waals surface area contributed by atoms with Crippen LogP contribution in [0.2, 0.25) is 10.0 Å². The van der Waals surface area contributed by atoms with E-state index in [1.807, 2.05) is 0 Å². The van der Waals surface area contributed by atoms with Crippen molar-refractivity contribution in [1.29, 1.82) is 0 Å². The van der Waals surface area contributed by atoms with Crippen molar-refractivity contribution in [2.24, 2.45) is 0 Å². The zero-order valence-electron chi connectivity index (χ0n) is 11.9. The molecule has 0 amide bonds. The Hall–Kier alpha value is -2.26. The molecule has 7 heteroatoms. The molecule has 3 aromatic rings. The molecule has 4 nitrogen and oxygen atoms in total. The highest BCUT2D eigenvalue weighted by Gasteiger charge is 2.11. The van der Waals surface area contributed by atoms with Crippen molar-refractivity contribution in [3.63, 3.8) is 0 Å². The summed E-state index contributed by atoms with van der Waals surface area (Å²) >= 11 is 11.9. The summed E-state index contributed by atoms with van der Waals surface area (Å²) in [7, 11) is -3.84. The van der Waals surface area contributed by atoms with Crippen molar-refractivity contribution in [3.05, 3.63) is 74.6 Å². The Balaban J connectivity index is 2.12. The molecule has 0 bridgehead atoms. The van der Waals surface area contributed by atoms with E-state index >= 15 is 0 Å². The first kappa shape index (κ1) is 16.6. The van der Waals surface area contributed by atoms with Crippen LogP contribution in [0.3, 0.4) is 0 Å². The fraction of sp³-hybridized carbons (Fsp3) is 0. The lowest BCUT2D eigenvalue weighted by atomic mass is 10.2. The second-order valence-electron chi connectivity index (χ2n) is 4.80. The van der Waals surface area contributed by atoms with Crippen molar-refractivity contribution in [3.8, 4) is 11.2 Å². The fourth-order valence-electron chi connectivity index (χ4n) is 2.03. The van der Waals surface area contributed by atoms with E-state index < -0.39 is 15.5 Å². The van der Waals surface area contributed by atoms with Crippen LogP contribution in [-0.4, -0.2) is 8.42 Å². The third-order valence-corrected chi connectivity index (χ3v) is 4.89. The molecule has 0 N–H and O–H groups in total. The SMILES string of the molecule is O=c1oc2c(Cl)cc(Cl)cc2cc1C#CS(=O)(=O)c1ccccc1. The van der Waals surface area contributed by atoms with Crippen LogP contribution in [0.15, 0.2) is 62.6 Å². The summed E-state index contributed by atoms with van der Waals surface area (Å²) in [6.45, 7) is 0. The second kappa shape index (κ2) is 6.33. The van der Waals surface area contributed by atoms with Crippen LogP contribution >= 0.6 is 23.2 Å². The molecule has 1 heterocycles. The molecule has 0 unspecified atom stereocenters. The van der Waals surface area contributed by atoms with Gasteiger partial charge in [-0.15, -0.1) is 0 Å². The second-order valence-corrected chi connectivity index (χ2v) is 7.32. The Morgan fingerprint density at radius 1 is 1.00 bits per heavy atom. The molecule has 0 aliphatic carbocycles. The van der Waals surface area contributed by atoms with Crippen LogP contribution < -0.4 is 5.63 Å². The molecule has 0 radical (unpaired) electrons. The zero-order chi connectivity index (χ0) is 17.3. The zero-order valence-corrected chi connectivity index (χ0v) is 14.2. The van der Waals surface area contributed by atoms with Gasteiger partial charge in [-0.3, -0.25) is 0 Å². The van der Waals surface area contributed by atoms with Gasteiger partial charge in [0.15, 0.2) is 5.58 Å². The van der Waals surface area contributed by atoms with E-state index in [0.717, 1.165) is 0 Å². The highest BCUT2D eigenvalue weighted by Crippen LogP contribution is 2.27. The number of hydrogen-bond acceptors (Lipinski definition) is 4. The van der Waals surface area contributed by atoms with Gasteiger partial charge >= 0.3 is 5.63 Å². The first-order chi connectivity index (χ1) is 11.4. The summed E-state index contributed by atoms with van der Waals surface area (Å²) in [5.41, 5.74) is -0.703.